The summed E-state index contributed by atoms with van der Waals surface area (Å²) in [5.41, 5.74) is 0.722. The standard InChI is InChI=1S/C13H18N2O2S.HI/c1-4-12(16)15-13(18-3)14-10-8-6-7-9-11(10)17-5-2;/h6-9H,4-5H2,1-3H3,(H,14,15,16);1H. The minimum Gasteiger partial charge on any atom is -0.492 e. The number of benzene rings is 1. The van der Waals surface area contributed by atoms with Gasteiger partial charge in [0.25, 0.3) is 0 Å². The first-order chi connectivity index (χ1) is 8.71. The lowest BCUT2D eigenvalue weighted by molar-refractivity contribution is -0.119. The molecule has 1 aromatic carbocycles. The molecule has 1 rings (SSSR count). The van der Waals surface area contributed by atoms with Crippen molar-refractivity contribution in [1.29, 1.82) is 0 Å². The Labute approximate surface area is 135 Å². The molecule has 1 amide bonds. The number of rotatable bonds is 4. The first kappa shape index (κ1) is 18.2. The molecule has 0 aliphatic heterocycles. The predicted octanol–water partition coefficient (Wildman–Crippen LogP) is 3.58. The van der Waals surface area contributed by atoms with Gasteiger partial charge < -0.3 is 10.1 Å². The van der Waals surface area contributed by atoms with Crippen molar-refractivity contribution in [3.8, 4) is 5.75 Å². The van der Waals surface area contributed by atoms with Crippen LogP contribution in [-0.2, 0) is 4.79 Å². The fourth-order valence-electron chi connectivity index (χ4n) is 1.27. The van der Waals surface area contributed by atoms with Crippen LogP contribution in [0.25, 0.3) is 0 Å². The summed E-state index contributed by atoms with van der Waals surface area (Å²) >= 11 is 1.40. The zero-order valence-electron chi connectivity index (χ0n) is 11.3. The van der Waals surface area contributed by atoms with Gasteiger partial charge in [-0.3, -0.25) is 4.79 Å². The van der Waals surface area contributed by atoms with Crippen LogP contribution in [0.15, 0.2) is 29.3 Å². The van der Waals surface area contributed by atoms with Gasteiger partial charge in [-0.1, -0.05) is 30.8 Å². The molecular formula is C13H19IN2O2S. The monoisotopic (exact) mass is 394 g/mol. The van der Waals surface area contributed by atoms with Crippen molar-refractivity contribution in [2.24, 2.45) is 4.99 Å². The van der Waals surface area contributed by atoms with Gasteiger partial charge in [0.05, 0.1) is 6.61 Å². The molecule has 0 unspecified atom stereocenters. The van der Waals surface area contributed by atoms with Crippen molar-refractivity contribution < 1.29 is 9.53 Å². The van der Waals surface area contributed by atoms with Crippen LogP contribution in [-0.4, -0.2) is 23.9 Å². The number of aliphatic imine (C=N–C) groups is 1. The molecule has 0 saturated carbocycles. The second-order valence-electron chi connectivity index (χ2n) is 3.42. The third-order valence-corrected chi connectivity index (χ3v) is 2.73. The Morgan fingerprint density at radius 2 is 2.05 bits per heavy atom. The number of nitrogens with zero attached hydrogens (tertiary/aromatic N) is 1. The van der Waals surface area contributed by atoms with Gasteiger partial charge in [0.15, 0.2) is 5.17 Å². The molecule has 0 spiro atoms. The second-order valence-corrected chi connectivity index (χ2v) is 4.22. The Hall–Kier alpha value is -0.760. The maximum absolute atomic E-state index is 11.3. The average molecular weight is 394 g/mol. The number of ether oxygens (including phenoxy) is 1. The molecule has 0 aromatic heterocycles. The van der Waals surface area contributed by atoms with E-state index in [1.165, 1.54) is 11.8 Å². The van der Waals surface area contributed by atoms with Crippen LogP contribution in [0.4, 0.5) is 5.69 Å². The van der Waals surface area contributed by atoms with E-state index in [4.69, 9.17) is 4.74 Å². The molecule has 0 radical (unpaired) electrons. The molecule has 0 saturated heterocycles. The van der Waals surface area contributed by atoms with E-state index in [1.807, 2.05) is 37.4 Å². The van der Waals surface area contributed by atoms with Crippen molar-refractivity contribution in [1.82, 2.24) is 5.32 Å². The van der Waals surface area contributed by atoms with Gasteiger partial charge in [-0.25, -0.2) is 4.99 Å². The zero-order valence-corrected chi connectivity index (χ0v) is 14.5. The molecule has 1 N–H and O–H groups in total. The van der Waals surface area contributed by atoms with Gasteiger partial charge in [-0.2, -0.15) is 0 Å². The van der Waals surface area contributed by atoms with Gasteiger partial charge in [-0.05, 0) is 25.3 Å². The Bertz CT molecular complexity index is 438. The van der Waals surface area contributed by atoms with Crippen molar-refractivity contribution in [3.05, 3.63) is 24.3 Å². The van der Waals surface area contributed by atoms with E-state index in [1.54, 1.807) is 6.92 Å². The summed E-state index contributed by atoms with van der Waals surface area (Å²) in [5.74, 6) is 0.675. The Balaban J connectivity index is 0.00000324. The maximum atomic E-state index is 11.3. The molecule has 0 heterocycles. The lowest BCUT2D eigenvalue weighted by Gasteiger charge is -2.08. The molecule has 0 atom stereocenters. The van der Waals surface area contributed by atoms with E-state index in [9.17, 15) is 4.79 Å². The molecule has 4 nitrogen and oxygen atoms in total. The normalized spacial score (nSPS) is 10.6. The molecular weight excluding hydrogens is 375 g/mol. The highest BCUT2D eigenvalue weighted by Gasteiger charge is 2.05. The molecule has 0 aliphatic carbocycles. The second kappa shape index (κ2) is 10.1. The molecule has 1 aromatic rings. The van der Waals surface area contributed by atoms with E-state index in [2.05, 4.69) is 10.3 Å². The van der Waals surface area contributed by atoms with Gasteiger partial charge in [0.2, 0.25) is 5.91 Å². The van der Waals surface area contributed by atoms with Gasteiger partial charge in [0.1, 0.15) is 11.4 Å². The number of para-hydroxylation sites is 2. The highest BCUT2D eigenvalue weighted by atomic mass is 127. The number of thioether (sulfide) groups is 1. The van der Waals surface area contributed by atoms with Crippen LogP contribution >= 0.6 is 35.7 Å². The Kier molecular flexibility index (Phi) is 9.68. The lowest BCUT2D eigenvalue weighted by atomic mass is 10.3. The first-order valence-electron chi connectivity index (χ1n) is 5.85. The number of carbonyl (C=O) groups is 1. The fourth-order valence-corrected chi connectivity index (χ4v) is 1.67. The fraction of sp³-hybridized carbons (Fsp3) is 0.385. The van der Waals surface area contributed by atoms with Gasteiger partial charge in [-0.15, -0.1) is 24.0 Å². The Morgan fingerprint density at radius 3 is 2.63 bits per heavy atom. The quantitative estimate of drug-likeness (QED) is 0.483. The third kappa shape index (κ3) is 6.29. The number of nitrogens with one attached hydrogen (secondary N) is 1. The average Bonchev–Trinajstić information content (AvgIpc) is 2.40. The van der Waals surface area contributed by atoms with Crippen LogP contribution in [0.5, 0.6) is 5.75 Å². The summed E-state index contributed by atoms with van der Waals surface area (Å²) in [4.78, 5) is 15.8. The minimum absolute atomic E-state index is 0. The number of hydrogen-bond donors (Lipinski definition) is 1. The Morgan fingerprint density at radius 1 is 1.37 bits per heavy atom. The van der Waals surface area contributed by atoms with Gasteiger partial charge >= 0.3 is 0 Å². The summed E-state index contributed by atoms with van der Waals surface area (Å²) in [5, 5.41) is 3.33. The van der Waals surface area contributed by atoms with Crippen LogP contribution in [0, 0.1) is 0 Å². The van der Waals surface area contributed by atoms with Crippen LogP contribution in [0.2, 0.25) is 0 Å². The topological polar surface area (TPSA) is 50.7 Å². The summed E-state index contributed by atoms with van der Waals surface area (Å²) in [6, 6.07) is 7.51. The van der Waals surface area contributed by atoms with E-state index in [-0.39, 0.29) is 29.9 Å². The van der Waals surface area contributed by atoms with E-state index in [0.29, 0.717) is 18.2 Å². The van der Waals surface area contributed by atoms with Crippen LogP contribution < -0.4 is 10.1 Å². The molecule has 106 valence electrons. The molecule has 0 aliphatic rings. The molecule has 6 heteroatoms. The number of hydrogen-bond acceptors (Lipinski definition) is 4. The van der Waals surface area contributed by atoms with Gasteiger partial charge in [0, 0.05) is 6.42 Å². The molecule has 0 fully saturated rings. The predicted molar refractivity (Wildman–Crippen MR) is 92.1 cm³/mol. The number of carbonyl (C=O) groups excluding carboxylic acids is 1. The van der Waals surface area contributed by atoms with E-state index >= 15 is 0 Å². The molecule has 0 bridgehead atoms. The maximum Gasteiger partial charge on any atom is 0.225 e. The number of amides is 1. The van der Waals surface area contributed by atoms with E-state index in [0.717, 1.165) is 11.4 Å². The van der Waals surface area contributed by atoms with Crippen molar-refractivity contribution in [2.45, 2.75) is 20.3 Å². The largest absolute Gasteiger partial charge is 0.492 e. The molecule has 19 heavy (non-hydrogen) atoms. The summed E-state index contributed by atoms with van der Waals surface area (Å²) in [6.07, 6.45) is 2.31. The van der Waals surface area contributed by atoms with Crippen LogP contribution in [0.3, 0.4) is 0 Å². The highest BCUT2D eigenvalue weighted by Crippen LogP contribution is 2.27. The van der Waals surface area contributed by atoms with Crippen molar-refractivity contribution in [2.75, 3.05) is 12.9 Å². The number of halogens is 1. The van der Waals surface area contributed by atoms with Crippen molar-refractivity contribution >= 4 is 52.5 Å². The SMILES string of the molecule is CCOc1ccccc1N=C(NC(=O)CC)SC.I. The zero-order chi connectivity index (χ0) is 13.4. The summed E-state index contributed by atoms with van der Waals surface area (Å²) in [6.45, 7) is 4.32. The lowest BCUT2D eigenvalue weighted by Crippen LogP contribution is -2.27. The number of amidine groups is 1. The smallest absolute Gasteiger partial charge is 0.225 e. The minimum atomic E-state index is -0.0445. The summed E-state index contributed by atoms with van der Waals surface area (Å²) < 4.78 is 5.48. The highest BCUT2D eigenvalue weighted by molar-refractivity contribution is 14.0. The van der Waals surface area contributed by atoms with Crippen molar-refractivity contribution in [3.63, 3.8) is 0 Å². The van der Waals surface area contributed by atoms with E-state index < -0.39 is 0 Å². The first-order valence-corrected chi connectivity index (χ1v) is 7.08. The summed E-state index contributed by atoms with van der Waals surface area (Å²) in [7, 11) is 0. The van der Waals surface area contributed by atoms with Crippen LogP contribution in [0.1, 0.15) is 20.3 Å². The third-order valence-electron chi connectivity index (χ3n) is 2.15.